The molecule has 1 aliphatic heterocycles. The minimum absolute atomic E-state index is 0.106. The fourth-order valence-corrected chi connectivity index (χ4v) is 3.34. The number of hydrogen-bond acceptors (Lipinski definition) is 6. The summed E-state index contributed by atoms with van der Waals surface area (Å²) in [5, 5.41) is 3.38. The Balaban J connectivity index is 1.55. The highest BCUT2D eigenvalue weighted by molar-refractivity contribution is 5.81. The third-order valence-electron chi connectivity index (χ3n) is 4.70. The summed E-state index contributed by atoms with van der Waals surface area (Å²) in [6.07, 6.45) is 0.955. The molecule has 30 heavy (non-hydrogen) atoms. The van der Waals surface area contributed by atoms with Gasteiger partial charge >= 0.3 is 0 Å². The molecule has 0 aliphatic carbocycles. The van der Waals surface area contributed by atoms with E-state index in [0.29, 0.717) is 17.2 Å². The summed E-state index contributed by atoms with van der Waals surface area (Å²) in [7, 11) is 4.09. The molecule has 0 saturated carbocycles. The van der Waals surface area contributed by atoms with Crippen molar-refractivity contribution in [2.24, 2.45) is 5.73 Å². The second-order valence-electron chi connectivity index (χ2n) is 7.45. The lowest BCUT2D eigenvalue weighted by Crippen LogP contribution is -2.41. The average Bonchev–Trinajstić information content (AvgIpc) is 2.73. The number of amides is 1. The lowest BCUT2D eigenvalue weighted by molar-refractivity contribution is -0.126. The van der Waals surface area contributed by atoms with Crippen LogP contribution >= 0.6 is 0 Å². The Morgan fingerprint density at radius 2 is 2.00 bits per heavy atom. The van der Waals surface area contributed by atoms with E-state index in [1.165, 1.54) is 5.56 Å². The number of benzene rings is 2. The Bertz CT molecular complexity index is 1050. The number of primary amides is 1. The summed E-state index contributed by atoms with van der Waals surface area (Å²) < 4.78 is 11.4. The van der Waals surface area contributed by atoms with E-state index >= 15 is 0 Å². The van der Waals surface area contributed by atoms with Crippen LogP contribution in [0.3, 0.4) is 0 Å². The smallest absolute Gasteiger partial charge is 0.262 e. The van der Waals surface area contributed by atoms with Gasteiger partial charge in [-0.05, 0) is 56.1 Å². The maximum Gasteiger partial charge on any atom is 0.262 e. The Labute approximate surface area is 175 Å². The maximum absolute atomic E-state index is 11.5. The standard InChI is InChI=1S/C23H24N4O3/c1-27(2)13-15-5-3-6-16(11-15)26-17-9-10-19(25-12-17)18-7-4-8-20-22(18)30-21(14-29-20)23(24)28/h3-12,21,26H,13-14H2,1-2H3,(H2,24,28). The number of nitrogens with one attached hydrogen (secondary N) is 1. The molecule has 3 aromatic rings. The highest BCUT2D eigenvalue weighted by Gasteiger charge is 2.28. The molecule has 1 amide bonds. The van der Waals surface area contributed by atoms with Crippen LogP contribution in [0.25, 0.3) is 11.3 Å². The van der Waals surface area contributed by atoms with Crippen molar-refractivity contribution in [3.63, 3.8) is 0 Å². The SMILES string of the molecule is CN(C)Cc1cccc(Nc2ccc(-c3cccc4c3OC(C(N)=O)CO4)nc2)c1. The predicted octanol–water partition coefficient (Wildman–Crippen LogP) is 3.18. The number of pyridine rings is 1. The zero-order valence-corrected chi connectivity index (χ0v) is 17.0. The first-order valence-electron chi connectivity index (χ1n) is 9.68. The highest BCUT2D eigenvalue weighted by atomic mass is 16.6. The van der Waals surface area contributed by atoms with Crippen LogP contribution in [0.2, 0.25) is 0 Å². The number of nitrogens with two attached hydrogens (primary N) is 1. The van der Waals surface area contributed by atoms with Gasteiger partial charge in [-0.1, -0.05) is 18.2 Å². The summed E-state index contributed by atoms with van der Waals surface area (Å²) in [6, 6.07) is 17.7. The van der Waals surface area contributed by atoms with E-state index in [4.69, 9.17) is 15.2 Å². The van der Waals surface area contributed by atoms with E-state index in [1.807, 2.05) is 50.5 Å². The molecular formula is C23H24N4O3. The van der Waals surface area contributed by atoms with E-state index in [1.54, 1.807) is 12.3 Å². The topological polar surface area (TPSA) is 89.7 Å². The van der Waals surface area contributed by atoms with Gasteiger partial charge in [-0.25, -0.2) is 0 Å². The van der Waals surface area contributed by atoms with Gasteiger partial charge in [-0.15, -0.1) is 0 Å². The Morgan fingerprint density at radius 3 is 2.73 bits per heavy atom. The first-order chi connectivity index (χ1) is 14.5. The number of carbonyl (C=O) groups is 1. The van der Waals surface area contributed by atoms with Gasteiger partial charge in [0, 0.05) is 17.8 Å². The summed E-state index contributed by atoms with van der Waals surface area (Å²) in [5.74, 6) is 0.503. The van der Waals surface area contributed by atoms with Gasteiger partial charge in [-0.3, -0.25) is 9.78 Å². The zero-order chi connectivity index (χ0) is 21.1. The minimum atomic E-state index is -0.811. The molecule has 1 aliphatic rings. The zero-order valence-electron chi connectivity index (χ0n) is 17.0. The molecule has 3 N–H and O–H groups in total. The van der Waals surface area contributed by atoms with Gasteiger partial charge < -0.3 is 25.4 Å². The van der Waals surface area contributed by atoms with Crippen LogP contribution < -0.4 is 20.5 Å². The first-order valence-corrected chi connectivity index (χ1v) is 9.68. The average molecular weight is 404 g/mol. The molecule has 0 radical (unpaired) electrons. The number of para-hydroxylation sites is 1. The monoisotopic (exact) mass is 404 g/mol. The third-order valence-corrected chi connectivity index (χ3v) is 4.70. The number of aromatic nitrogens is 1. The van der Waals surface area contributed by atoms with Gasteiger partial charge in [0.1, 0.15) is 6.61 Å². The summed E-state index contributed by atoms with van der Waals surface area (Å²) in [5.41, 5.74) is 9.94. The van der Waals surface area contributed by atoms with Gasteiger partial charge in [0.15, 0.2) is 11.5 Å². The number of rotatable bonds is 6. The van der Waals surface area contributed by atoms with E-state index in [0.717, 1.165) is 23.5 Å². The Morgan fingerprint density at radius 1 is 1.17 bits per heavy atom. The van der Waals surface area contributed by atoms with Crippen LogP contribution in [0.5, 0.6) is 11.5 Å². The molecule has 0 bridgehead atoms. The van der Waals surface area contributed by atoms with Crippen LogP contribution in [0, 0.1) is 0 Å². The third kappa shape index (κ3) is 4.36. The van der Waals surface area contributed by atoms with Crippen molar-refractivity contribution in [2.45, 2.75) is 12.6 Å². The number of nitrogens with zero attached hydrogens (tertiary/aromatic N) is 2. The number of carbonyl (C=O) groups excluding carboxylic acids is 1. The molecular weight excluding hydrogens is 380 g/mol. The molecule has 1 unspecified atom stereocenters. The number of anilines is 2. The van der Waals surface area contributed by atoms with Crippen molar-refractivity contribution in [2.75, 3.05) is 26.0 Å². The molecule has 154 valence electrons. The molecule has 0 spiro atoms. The normalized spacial score (nSPS) is 15.1. The minimum Gasteiger partial charge on any atom is -0.485 e. The van der Waals surface area contributed by atoms with Gasteiger partial charge in [0.25, 0.3) is 5.91 Å². The van der Waals surface area contributed by atoms with Crippen LogP contribution in [-0.4, -0.2) is 42.6 Å². The van der Waals surface area contributed by atoms with Crippen molar-refractivity contribution in [3.05, 3.63) is 66.4 Å². The fourth-order valence-electron chi connectivity index (χ4n) is 3.34. The molecule has 0 saturated heterocycles. The number of hydrogen-bond donors (Lipinski definition) is 2. The first kappa shape index (κ1) is 19.7. The largest absolute Gasteiger partial charge is 0.485 e. The van der Waals surface area contributed by atoms with E-state index < -0.39 is 12.0 Å². The van der Waals surface area contributed by atoms with Gasteiger partial charge in [0.05, 0.1) is 17.6 Å². The van der Waals surface area contributed by atoms with E-state index in [-0.39, 0.29) is 6.61 Å². The van der Waals surface area contributed by atoms with Crippen molar-refractivity contribution in [1.29, 1.82) is 0 Å². The molecule has 4 rings (SSSR count). The molecule has 7 nitrogen and oxygen atoms in total. The van der Waals surface area contributed by atoms with Gasteiger partial charge in [0.2, 0.25) is 6.10 Å². The summed E-state index contributed by atoms with van der Waals surface area (Å²) in [4.78, 5) is 18.2. The van der Waals surface area contributed by atoms with Crippen LogP contribution in [0.4, 0.5) is 11.4 Å². The van der Waals surface area contributed by atoms with E-state index in [9.17, 15) is 4.79 Å². The Kier molecular flexibility index (Phi) is 5.54. The molecule has 1 aromatic heterocycles. The predicted molar refractivity (Wildman–Crippen MR) is 116 cm³/mol. The highest BCUT2D eigenvalue weighted by Crippen LogP contribution is 2.40. The van der Waals surface area contributed by atoms with E-state index in [2.05, 4.69) is 27.3 Å². The number of fused-ring (bicyclic) bond motifs is 1. The summed E-state index contributed by atoms with van der Waals surface area (Å²) >= 11 is 0. The van der Waals surface area contributed by atoms with Crippen molar-refractivity contribution < 1.29 is 14.3 Å². The fraction of sp³-hybridized carbons (Fsp3) is 0.217. The molecule has 0 fully saturated rings. The van der Waals surface area contributed by atoms with Gasteiger partial charge in [-0.2, -0.15) is 0 Å². The molecule has 2 aromatic carbocycles. The van der Waals surface area contributed by atoms with Crippen molar-refractivity contribution >= 4 is 17.3 Å². The second kappa shape index (κ2) is 8.42. The maximum atomic E-state index is 11.5. The van der Waals surface area contributed by atoms with Crippen LogP contribution in [-0.2, 0) is 11.3 Å². The lowest BCUT2D eigenvalue weighted by atomic mass is 10.1. The quantitative estimate of drug-likeness (QED) is 0.656. The van der Waals surface area contributed by atoms with Crippen LogP contribution in [0.15, 0.2) is 60.8 Å². The van der Waals surface area contributed by atoms with Crippen molar-refractivity contribution in [3.8, 4) is 22.8 Å². The van der Waals surface area contributed by atoms with Crippen molar-refractivity contribution in [1.82, 2.24) is 9.88 Å². The Hall–Kier alpha value is -3.58. The van der Waals surface area contributed by atoms with Crippen LogP contribution in [0.1, 0.15) is 5.56 Å². The molecule has 2 heterocycles. The summed E-state index contributed by atoms with van der Waals surface area (Å²) in [6.45, 7) is 0.981. The molecule has 7 heteroatoms. The molecule has 1 atom stereocenters. The number of ether oxygens (including phenoxy) is 2. The lowest BCUT2D eigenvalue weighted by Gasteiger charge is -2.26. The second-order valence-corrected chi connectivity index (χ2v) is 7.45.